The van der Waals surface area contributed by atoms with Gasteiger partial charge in [0, 0.05) is 6.04 Å². The first-order chi connectivity index (χ1) is 7.35. The molecule has 1 heteroatoms. The minimum absolute atomic E-state index is 0.598. The Bertz CT molecular complexity index is 298. The first-order valence-corrected chi connectivity index (χ1v) is 6.17. The zero-order chi connectivity index (χ0) is 10.7. The van der Waals surface area contributed by atoms with Gasteiger partial charge in [-0.05, 0) is 42.9 Å². The van der Waals surface area contributed by atoms with Crippen molar-refractivity contribution >= 4 is 0 Å². The molecular formula is C14H21N. The van der Waals surface area contributed by atoms with Crippen LogP contribution in [-0.4, -0.2) is 6.54 Å². The zero-order valence-electron chi connectivity index (χ0n) is 9.79. The molecule has 2 rings (SSSR count). The average Bonchev–Trinajstić information content (AvgIpc) is 3.10. The van der Waals surface area contributed by atoms with E-state index in [1.54, 1.807) is 0 Å². The van der Waals surface area contributed by atoms with Crippen LogP contribution in [0.3, 0.4) is 0 Å². The summed E-state index contributed by atoms with van der Waals surface area (Å²) < 4.78 is 0. The van der Waals surface area contributed by atoms with E-state index >= 15 is 0 Å². The highest BCUT2D eigenvalue weighted by molar-refractivity contribution is 5.26. The second-order valence-corrected chi connectivity index (χ2v) is 4.47. The molecule has 1 saturated carbocycles. The normalized spacial score (nSPS) is 17.7. The Kier molecular flexibility index (Phi) is 3.42. The van der Waals surface area contributed by atoms with Gasteiger partial charge in [-0.25, -0.2) is 0 Å². The summed E-state index contributed by atoms with van der Waals surface area (Å²) in [6, 6.07) is 9.72. The van der Waals surface area contributed by atoms with E-state index in [9.17, 15) is 0 Å². The lowest BCUT2D eigenvalue weighted by Crippen LogP contribution is -2.22. The van der Waals surface area contributed by atoms with Gasteiger partial charge in [0.1, 0.15) is 0 Å². The van der Waals surface area contributed by atoms with Gasteiger partial charge in [-0.15, -0.1) is 0 Å². The fourth-order valence-electron chi connectivity index (χ4n) is 2.17. The molecule has 1 fully saturated rings. The molecule has 0 aliphatic heterocycles. The molecule has 0 spiro atoms. The maximum atomic E-state index is 3.60. The maximum absolute atomic E-state index is 3.60. The fourth-order valence-corrected chi connectivity index (χ4v) is 2.17. The first-order valence-electron chi connectivity index (χ1n) is 6.17. The van der Waals surface area contributed by atoms with Gasteiger partial charge in [0.25, 0.3) is 0 Å². The lowest BCUT2D eigenvalue weighted by atomic mass is 10.0. The molecule has 1 aliphatic rings. The van der Waals surface area contributed by atoms with Crippen molar-refractivity contribution in [3.05, 3.63) is 35.4 Å². The van der Waals surface area contributed by atoms with Crippen LogP contribution in [0.1, 0.15) is 43.9 Å². The van der Waals surface area contributed by atoms with Gasteiger partial charge in [0.15, 0.2) is 0 Å². The molecule has 0 aromatic heterocycles. The van der Waals surface area contributed by atoms with Crippen molar-refractivity contribution in [2.75, 3.05) is 6.54 Å². The molecular weight excluding hydrogens is 182 g/mol. The summed E-state index contributed by atoms with van der Waals surface area (Å²) in [7, 11) is 0. The summed E-state index contributed by atoms with van der Waals surface area (Å²) in [5.41, 5.74) is 2.90. The predicted octanol–water partition coefficient (Wildman–Crippen LogP) is 3.31. The highest BCUT2D eigenvalue weighted by Gasteiger charge is 2.31. The summed E-state index contributed by atoms with van der Waals surface area (Å²) in [6.07, 6.45) is 3.93. The molecule has 0 radical (unpaired) electrons. The summed E-state index contributed by atoms with van der Waals surface area (Å²) >= 11 is 0. The van der Waals surface area contributed by atoms with Crippen molar-refractivity contribution in [2.45, 2.75) is 39.2 Å². The van der Waals surface area contributed by atoms with E-state index in [4.69, 9.17) is 0 Å². The maximum Gasteiger partial charge on any atom is 0.0348 e. The smallest absolute Gasteiger partial charge is 0.0348 e. The van der Waals surface area contributed by atoms with E-state index in [1.807, 2.05) is 0 Å². The van der Waals surface area contributed by atoms with E-state index in [-0.39, 0.29) is 0 Å². The Hall–Kier alpha value is -0.820. The lowest BCUT2D eigenvalue weighted by molar-refractivity contribution is 0.496. The van der Waals surface area contributed by atoms with Gasteiger partial charge in [-0.2, -0.15) is 0 Å². The number of benzene rings is 1. The molecule has 0 heterocycles. The van der Waals surface area contributed by atoms with Crippen molar-refractivity contribution in [3.8, 4) is 0 Å². The van der Waals surface area contributed by atoms with Crippen LogP contribution in [-0.2, 0) is 6.42 Å². The molecule has 0 saturated heterocycles. The van der Waals surface area contributed by atoms with Gasteiger partial charge in [0.2, 0.25) is 0 Å². The summed E-state index contributed by atoms with van der Waals surface area (Å²) in [4.78, 5) is 0. The van der Waals surface area contributed by atoms with Gasteiger partial charge in [-0.1, -0.05) is 38.1 Å². The Labute approximate surface area is 92.9 Å². The van der Waals surface area contributed by atoms with Crippen LogP contribution in [0.4, 0.5) is 0 Å². The van der Waals surface area contributed by atoms with E-state index in [0.29, 0.717) is 6.04 Å². The van der Waals surface area contributed by atoms with Crippen molar-refractivity contribution in [1.82, 2.24) is 5.32 Å². The van der Waals surface area contributed by atoms with E-state index in [2.05, 4.69) is 43.4 Å². The van der Waals surface area contributed by atoms with E-state index in [1.165, 1.54) is 24.0 Å². The highest BCUT2D eigenvalue weighted by atomic mass is 14.9. The van der Waals surface area contributed by atoms with Gasteiger partial charge >= 0.3 is 0 Å². The third-order valence-electron chi connectivity index (χ3n) is 3.26. The van der Waals surface area contributed by atoms with Crippen molar-refractivity contribution in [3.63, 3.8) is 0 Å². The second-order valence-electron chi connectivity index (χ2n) is 4.47. The third kappa shape index (κ3) is 2.60. The highest BCUT2D eigenvalue weighted by Crippen LogP contribution is 2.40. The summed E-state index contributed by atoms with van der Waals surface area (Å²) in [5, 5.41) is 3.60. The number of rotatable bonds is 5. The van der Waals surface area contributed by atoms with Crippen molar-refractivity contribution in [1.29, 1.82) is 0 Å². The second kappa shape index (κ2) is 4.80. The zero-order valence-corrected chi connectivity index (χ0v) is 9.79. The Morgan fingerprint density at radius 2 is 1.87 bits per heavy atom. The fraction of sp³-hybridized carbons (Fsp3) is 0.571. The quantitative estimate of drug-likeness (QED) is 0.774. The topological polar surface area (TPSA) is 12.0 Å². The number of hydrogen-bond acceptors (Lipinski definition) is 1. The van der Waals surface area contributed by atoms with Gasteiger partial charge in [-0.3, -0.25) is 0 Å². The largest absolute Gasteiger partial charge is 0.310 e. The number of nitrogens with one attached hydrogen (secondary N) is 1. The van der Waals surface area contributed by atoms with Crippen LogP contribution in [0.25, 0.3) is 0 Å². The lowest BCUT2D eigenvalue weighted by Gasteiger charge is -2.17. The van der Waals surface area contributed by atoms with Crippen molar-refractivity contribution in [2.24, 2.45) is 5.92 Å². The molecule has 1 unspecified atom stereocenters. The molecule has 1 aliphatic carbocycles. The molecule has 15 heavy (non-hydrogen) atoms. The van der Waals surface area contributed by atoms with Crippen LogP contribution in [0, 0.1) is 5.92 Å². The minimum atomic E-state index is 0.598. The van der Waals surface area contributed by atoms with E-state index in [0.717, 1.165) is 18.9 Å². The molecule has 1 aromatic carbocycles. The molecule has 0 amide bonds. The third-order valence-corrected chi connectivity index (χ3v) is 3.26. The summed E-state index contributed by atoms with van der Waals surface area (Å²) in [5.74, 6) is 0.887. The predicted molar refractivity (Wildman–Crippen MR) is 65.0 cm³/mol. The molecule has 1 atom stereocenters. The standard InChI is InChI=1S/C14H21N/c1-3-11-5-7-12(8-6-11)14(15-4-2)13-9-10-13/h5-8,13-15H,3-4,9-10H2,1-2H3. The number of aryl methyl sites for hydroxylation is 1. The van der Waals surface area contributed by atoms with Gasteiger partial charge in [0.05, 0.1) is 0 Å². The van der Waals surface area contributed by atoms with Crippen LogP contribution >= 0.6 is 0 Å². The Balaban J connectivity index is 2.10. The minimum Gasteiger partial charge on any atom is -0.310 e. The van der Waals surface area contributed by atoms with Crippen LogP contribution in [0.15, 0.2) is 24.3 Å². The average molecular weight is 203 g/mol. The Morgan fingerprint density at radius 3 is 2.33 bits per heavy atom. The van der Waals surface area contributed by atoms with Crippen molar-refractivity contribution < 1.29 is 0 Å². The summed E-state index contributed by atoms with van der Waals surface area (Å²) in [6.45, 7) is 5.46. The number of hydrogen-bond donors (Lipinski definition) is 1. The molecule has 1 aromatic rings. The van der Waals surface area contributed by atoms with Crippen LogP contribution < -0.4 is 5.32 Å². The Morgan fingerprint density at radius 1 is 1.20 bits per heavy atom. The molecule has 82 valence electrons. The molecule has 0 bridgehead atoms. The monoisotopic (exact) mass is 203 g/mol. The molecule has 1 N–H and O–H groups in total. The first kappa shape index (κ1) is 10.7. The SMILES string of the molecule is CCNC(c1ccc(CC)cc1)C1CC1. The van der Waals surface area contributed by atoms with Crippen LogP contribution in [0.2, 0.25) is 0 Å². The van der Waals surface area contributed by atoms with Gasteiger partial charge < -0.3 is 5.32 Å². The van der Waals surface area contributed by atoms with E-state index < -0.39 is 0 Å². The molecule has 1 nitrogen and oxygen atoms in total. The van der Waals surface area contributed by atoms with Crippen LogP contribution in [0.5, 0.6) is 0 Å².